The summed E-state index contributed by atoms with van der Waals surface area (Å²) in [6, 6.07) is 7.83. The smallest absolute Gasteiger partial charge is 0.407 e. The minimum Gasteiger partial charge on any atom is -0.444 e. The third kappa shape index (κ3) is 5.43. The molecule has 0 aliphatic heterocycles. The Kier molecular flexibility index (Phi) is 5.86. The fourth-order valence-electron chi connectivity index (χ4n) is 2.79. The van der Waals surface area contributed by atoms with E-state index in [1.54, 1.807) is 6.20 Å². The highest BCUT2D eigenvalue weighted by molar-refractivity contribution is 5.81. The van der Waals surface area contributed by atoms with E-state index in [0.717, 1.165) is 11.3 Å². The standard InChI is InChI=1S/C20H26N8O2/c1-20(2,3)30-19(29)24-9-12-6-5-7-14(8-12)28(4)11-13-10-23-17-15(25-13)16(21)26-18(22)27-17/h5-8,10H,9,11H2,1-4H3,(H,24,29)(H4,21,22,23,26,27). The van der Waals surface area contributed by atoms with Gasteiger partial charge in [-0.3, -0.25) is 0 Å². The molecule has 0 fully saturated rings. The average Bonchev–Trinajstić information content (AvgIpc) is 2.66. The lowest BCUT2D eigenvalue weighted by Crippen LogP contribution is -2.32. The van der Waals surface area contributed by atoms with Crippen LogP contribution < -0.4 is 21.7 Å². The molecule has 3 aromatic rings. The molecule has 0 saturated heterocycles. The van der Waals surface area contributed by atoms with Gasteiger partial charge in [0, 0.05) is 19.3 Å². The fourth-order valence-corrected chi connectivity index (χ4v) is 2.79. The molecular weight excluding hydrogens is 384 g/mol. The maximum Gasteiger partial charge on any atom is 0.407 e. The molecule has 2 heterocycles. The summed E-state index contributed by atoms with van der Waals surface area (Å²) in [6.07, 6.45) is 1.19. The van der Waals surface area contributed by atoms with Crippen LogP contribution in [-0.4, -0.2) is 38.7 Å². The number of benzene rings is 1. The van der Waals surface area contributed by atoms with Crippen molar-refractivity contribution < 1.29 is 9.53 Å². The quantitative estimate of drug-likeness (QED) is 0.576. The highest BCUT2D eigenvalue weighted by atomic mass is 16.6. The zero-order chi connectivity index (χ0) is 21.9. The first-order valence-electron chi connectivity index (χ1n) is 9.42. The second kappa shape index (κ2) is 8.36. The molecule has 0 unspecified atom stereocenters. The second-order valence-electron chi connectivity index (χ2n) is 7.88. The predicted octanol–water partition coefficient (Wildman–Crippen LogP) is 2.25. The summed E-state index contributed by atoms with van der Waals surface area (Å²) < 4.78 is 5.26. The largest absolute Gasteiger partial charge is 0.444 e. The van der Waals surface area contributed by atoms with Gasteiger partial charge in [-0.1, -0.05) is 12.1 Å². The molecule has 1 amide bonds. The molecule has 5 N–H and O–H groups in total. The van der Waals surface area contributed by atoms with Crippen LogP contribution in [0.3, 0.4) is 0 Å². The number of nitrogens with two attached hydrogens (primary N) is 2. The summed E-state index contributed by atoms with van der Waals surface area (Å²) in [5, 5.41) is 2.76. The molecule has 3 rings (SSSR count). The van der Waals surface area contributed by atoms with E-state index in [4.69, 9.17) is 16.2 Å². The van der Waals surface area contributed by atoms with Crippen LogP contribution in [0, 0.1) is 0 Å². The van der Waals surface area contributed by atoms with Gasteiger partial charge in [0.25, 0.3) is 0 Å². The number of hydrogen-bond donors (Lipinski definition) is 3. The molecule has 2 aromatic heterocycles. The lowest BCUT2D eigenvalue weighted by atomic mass is 10.2. The summed E-state index contributed by atoms with van der Waals surface area (Å²) in [4.78, 5) is 30.6. The van der Waals surface area contributed by atoms with Crippen LogP contribution in [-0.2, 0) is 17.8 Å². The molecule has 30 heavy (non-hydrogen) atoms. The third-order valence-corrected chi connectivity index (χ3v) is 4.09. The minimum absolute atomic E-state index is 0.0657. The van der Waals surface area contributed by atoms with Crippen molar-refractivity contribution in [1.82, 2.24) is 25.3 Å². The number of amides is 1. The van der Waals surface area contributed by atoms with Gasteiger partial charge in [0.1, 0.15) is 5.60 Å². The molecule has 0 atom stereocenters. The summed E-state index contributed by atoms with van der Waals surface area (Å²) in [6.45, 7) is 6.34. The van der Waals surface area contributed by atoms with E-state index in [0.29, 0.717) is 29.9 Å². The van der Waals surface area contributed by atoms with E-state index in [-0.39, 0.29) is 11.8 Å². The number of fused-ring (bicyclic) bond motifs is 1. The number of nitrogens with zero attached hydrogens (tertiary/aromatic N) is 5. The van der Waals surface area contributed by atoms with Gasteiger partial charge >= 0.3 is 6.09 Å². The minimum atomic E-state index is -0.535. The number of nitrogen functional groups attached to an aromatic ring is 2. The zero-order valence-corrected chi connectivity index (χ0v) is 17.5. The van der Waals surface area contributed by atoms with Crippen molar-refractivity contribution in [3.05, 3.63) is 41.7 Å². The molecule has 0 aliphatic rings. The Morgan fingerprint density at radius 1 is 1.20 bits per heavy atom. The normalized spacial score (nSPS) is 11.3. The average molecular weight is 410 g/mol. The van der Waals surface area contributed by atoms with Gasteiger partial charge in [0.05, 0.1) is 18.4 Å². The molecule has 10 heteroatoms. The van der Waals surface area contributed by atoms with E-state index < -0.39 is 11.7 Å². The van der Waals surface area contributed by atoms with Crippen LogP contribution in [0.25, 0.3) is 11.2 Å². The Bertz CT molecular complexity index is 1060. The molecule has 0 aliphatic carbocycles. The number of alkyl carbamates (subject to hydrolysis) is 1. The van der Waals surface area contributed by atoms with Crippen LogP contribution in [0.2, 0.25) is 0 Å². The predicted molar refractivity (Wildman–Crippen MR) is 116 cm³/mol. The number of nitrogens with one attached hydrogen (secondary N) is 1. The lowest BCUT2D eigenvalue weighted by molar-refractivity contribution is 0.0523. The van der Waals surface area contributed by atoms with E-state index >= 15 is 0 Å². The Hall–Kier alpha value is -3.69. The number of anilines is 3. The molecule has 0 radical (unpaired) electrons. The van der Waals surface area contributed by atoms with Crippen LogP contribution >= 0.6 is 0 Å². The van der Waals surface area contributed by atoms with E-state index in [1.165, 1.54) is 0 Å². The topological polar surface area (TPSA) is 145 Å². The van der Waals surface area contributed by atoms with Crippen molar-refractivity contribution >= 4 is 34.7 Å². The molecule has 1 aromatic carbocycles. The van der Waals surface area contributed by atoms with Crippen LogP contribution in [0.5, 0.6) is 0 Å². The highest BCUT2D eigenvalue weighted by Gasteiger charge is 2.16. The van der Waals surface area contributed by atoms with Gasteiger partial charge in [-0.15, -0.1) is 0 Å². The summed E-state index contributed by atoms with van der Waals surface area (Å²) >= 11 is 0. The number of rotatable bonds is 5. The van der Waals surface area contributed by atoms with Crippen molar-refractivity contribution in [1.29, 1.82) is 0 Å². The van der Waals surface area contributed by atoms with Gasteiger partial charge < -0.3 is 26.4 Å². The molecular formula is C20H26N8O2. The summed E-state index contributed by atoms with van der Waals surface area (Å²) in [5.41, 5.74) is 14.4. The van der Waals surface area contributed by atoms with Crippen LogP contribution in [0.15, 0.2) is 30.5 Å². The van der Waals surface area contributed by atoms with Crippen molar-refractivity contribution in [3.63, 3.8) is 0 Å². The van der Waals surface area contributed by atoms with Gasteiger partial charge in [-0.2, -0.15) is 9.97 Å². The van der Waals surface area contributed by atoms with Gasteiger partial charge in [0.2, 0.25) is 5.95 Å². The van der Waals surface area contributed by atoms with Crippen molar-refractivity contribution in [2.45, 2.75) is 39.5 Å². The van der Waals surface area contributed by atoms with E-state index in [1.807, 2.05) is 57.0 Å². The Morgan fingerprint density at radius 3 is 2.70 bits per heavy atom. The van der Waals surface area contributed by atoms with Crippen LogP contribution in [0.4, 0.5) is 22.2 Å². The fraction of sp³-hybridized carbons (Fsp3) is 0.350. The third-order valence-electron chi connectivity index (χ3n) is 4.09. The SMILES string of the molecule is CN(Cc1cnc2nc(N)nc(N)c2n1)c1cccc(CNC(=O)OC(C)(C)C)c1. The number of carbonyl (C=O) groups is 1. The van der Waals surface area contributed by atoms with Gasteiger partial charge in [-0.25, -0.2) is 14.8 Å². The zero-order valence-electron chi connectivity index (χ0n) is 17.5. The molecule has 158 valence electrons. The number of hydrogen-bond acceptors (Lipinski definition) is 9. The monoisotopic (exact) mass is 410 g/mol. The summed E-state index contributed by atoms with van der Waals surface area (Å²) in [7, 11) is 1.94. The van der Waals surface area contributed by atoms with Crippen LogP contribution in [0.1, 0.15) is 32.0 Å². The maximum atomic E-state index is 11.9. The summed E-state index contributed by atoms with van der Waals surface area (Å²) in [5.74, 6) is 0.265. The molecule has 0 saturated carbocycles. The van der Waals surface area contributed by atoms with Crippen molar-refractivity contribution in [2.24, 2.45) is 0 Å². The van der Waals surface area contributed by atoms with E-state index in [9.17, 15) is 4.79 Å². The van der Waals surface area contributed by atoms with Crippen molar-refractivity contribution in [2.75, 3.05) is 23.4 Å². The number of carbonyl (C=O) groups excluding carboxylic acids is 1. The van der Waals surface area contributed by atoms with Gasteiger partial charge in [-0.05, 0) is 38.5 Å². The Balaban J connectivity index is 1.68. The first-order chi connectivity index (χ1) is 14.1. The highest BCUT2D eigenvalue weighted by Crippen LogP contribution is 2.19. The Labute approximate surface area is 174 Å². The first-order valence-corrected chi connectivity index (χ1v) is 9.42. The molecule has 10 nitrogen and oxygen atoms in total. The first kappa shape index (κ1) is 21.0. The second-order valence-corrected chi connectivity index (χ2v) is 7.88. The molecule has 0 spiro atoms. The Morgan fingerprint density at radius 2 is 1.97 bits per heavy atom. The van der Waals surface area contributed by atoms with E-state index in [2.05, 4.69) is 25.3 Å². The number of aromatic nitrogens is 4. The van der Waals surface area contributed by atoms with Crippen molar-refractivity contribution in [3.8, 4) is 0 Å². The molecule has 0 bridgehead atoms. The number of ether oxygens (including phenoxy) is 1. The maximum absolute atomic E-state index is 11.9. The van der Waals surface area contributed by atoms with Gasteiger partial charge in [0.15, 0.2) is 17.0 Å². The lowest BCUT2D eigenvalue weighted by Gasteiger charge is -2.21.